The van der Waals surface area contributed by atoms with Crippen LogP contribution in [0.2, 0.25) is 10.0 Å². The summed E-state index contributed by atoms with van der Waals surface area (Å²) < 4.78 is 1.03. The Kier molecular flexibility index (Phi) is 4.68. The molecule has 0 fully saturated rings. The number of halogens is 3. The van der Waals surface area contributed by atoms with Crippen LogP contribution in [-0.2, 0) is 0 Å². The molecule has 18 heavy (non-hydrogen) atoms. The van der Waals surface area contributed by atoms with Crippen molar-refractivity contribution in [3.63, 3.8) is 0 Å². The second kappa shape index (κ2) is 6.07. The first-order chi connectivity index (χ1) is 8.61. The molecule has 1 nitrogen and oxygen atoms in total. The molecule has 0 aliphatic rings. The van der Waals surface area contributed by atoms with Crippen LogP contribution in [0.25, 0.3) is 0 Å². The molecule has 0 spiro atoms. The van der Waals surface area contributed by atoms with E-state index in [0.717, 1.165) is 25.6 Å². The Balaban J connectivity index is 2.44. The molecule has 0 aliphatic carbocycles. The average molecular weight is 345 g/mol. The Bertz CT molecular complexity index is 540. The minimum Gasteiger partial charge on any atom is -0.309 e. The molecular weight excluding hydrogens is 333 g/mol. The van der Waals surface area contributed by atoms with Crippen LogP contribution in [0.5, 0.6) is 0 Å². The van der Waals surface area contributed by atoms with Gasteiger partial charge in [-0.05, 0) is 48.5 Å². The van der Waals surface area contributed by atoms with Gasteiger partial charge in [0, 0.05) is 14.5 Å². The third kappa shape index (κ3) is 3.07. The molecule has 0 saturated heterocycles. The SMILES string of the molecule is CNC(c1ccc(Cl)cc1)c1cc(Cl)ccc1Br. The molecule has 0 heterocycles. The number of hydrogen-bond donors (Lipinski definition) is 1. The Morgan fingerprint density at radius 2 is 1.61 bits per heavy atom. The van der Waals surface area contributed by atoms with Crippen molar-refractivity contribution in [2.24, 2.45) is 0 Å². The lowest BCUT2D eigenvalue weighted by atomic mass is 9.99. The second-order valence-corrected chi connectivity index (χ2v) is 5.67. The van der Waals surface area contributed by atoms with Gasteiger partial charge in [-0.3, -0.25) is 0 Å². The first-order valence-corrected chi connectivity index (χ1v) is 7.04. The molecule has 0 radical (unpaired) electrons. The molecule has 4 heteroatoms. The summed E-state index contributed by atoms with van der Waals surface area (Å²) in [5, 5.41) is 4.75. The normalized spacial score (nSPS) is 12.4. The van der Waals surface area contributed by atoms with Crippen LogP contribution in [0.1, 0.15) is 17.2 Å². The van der Waals surface area contributed by atoms with Crippen molar-refractivity contribution in [1.29, 1.82) is 0 Å². The summed E-state index contributed by atoms with van der Waals surface area (Å²) in [5.41, 5.74) is 2.25. The van der Waals surface area contributed by atoms with Crippen LogP contribution in [-0.4, -0.2) is 7.05 Å². The van der Waals surface area contributed by atoms with E-state index < -0.39 is 0 Å². The zero-order valence-electron chi connectivity index (χ0n) is 9.75. The van der Waals surface area contributed by atoms with E-state index in [1.54, 1.807) is 0 Å². The molecular formula is C14H12BrCl2N. The molecule has 1 unspecified atom stereocenters. The first kappa shape index (κ1) is 13.9. The molecule has 0 aromatic heterocycles. The molecule has 2 aromatic carbocycles. The van der Waals surface area contributed by atoms with E-state index in [9.17, 15) is 0 Å². The summed E-state index contributed by atoms with van der Waals surface area (Å²) in [4.78, 5) is 0. The average Bonchev–Trinajstić information content (AvgIpc) is 2.37. The predicted molar refractivity (Wildman–Crippen MR) is 81.5 cm³/mol. The molecule has 1 atom stereocenters. The van der Waals surface area contributed by atoms with E-state index in [4.69, 9.17) is 23.2 Å². The fraction of sp³-hybridized carbons (Fsp3) is 0.143. The van der Waals surface area contributed by atoms with E-state index in [2.05, 4.69) is 21.2 Å². The predicted octanol–water partition coefficient (Wildman–Crippen LogP) is 5.06. The van der Waals surface area contributed by atoms with Crippen molar-refractivity contribution < 1.29 is 0 Å². The van der Waals surface area contributed by atoms with Crippen LogP contribution in [0.15, 0.2) is 46.9 Å². The van der Waals surface area contributed by atoms with Gasteiger partial charge in [-0.1, -0.05) is 51.3 Å². The lowest BCUT2D eigenvalue weighted by Crippen LogP contribution is -2.18. The van der Waals surface area contributed by atoms with Gasteiger partial charge in [0.05, 0.1) is 6.04 Å². The molecule has 0 amide bonds. The van der Waals surface area contributed by atoms with E-state index >= 15 is 0 Å². The monoisotopic (exact) mass is 343 g/mol. The maximum Gasteiger partial charge on any atom is 0.0585 e. The highest BCUT2D eigenvalue weighted by atomic mass is 79.9. The van der Waals surface area contributed by atoms with Crippen molar-refractivity contribution in [3.05, 3.63) is 68.1 Å². The van der Waals surface area contributed by atoms with Gasteiger partial charge in [-0.2, -0.15) is 0 Å². The molecule has 0 aliphatic heterocycles. The molecule has 94 valence electrons. The van der Waals surface area contributed by atoms with Crippen molar-refractivity contribution in [2.75, 3.05) is 7.05 Å². The van der Waals surface area contributed by atoms with Crippen molar-refractivity contribution in [1.82, 2.24) is 5.32 Å². The standard InChI is InChI=1S/C14H12BrCl2N/c1-18-14(9-2-4-10(16)5-3-9)12-8-11(17)6-7-13(12)15/h2-8,14,18H,1H3. The van der Waals surface area contributed by atoms with Crippen molar-refractivity contribution in [2.45, 2.75) is 6.04 Å². The third-order valence-corrected chi connectivity index (χ3v) is 3.97. The highest BCUT2D eigenvalue weighted by Gasteiger charge is 2.15. The van der Waals surface area contributed by atoms with Crippen LogP contribution >= 0.6 is 39.1 Å². The minimum atomic E-state index is 0.0790. The topological polar surface area (TPSA) is 12.0 Å². The Hall–Kier alpha value is -0.540. The molecule has 2 rings (SSSR count). The smallest absolute Gasteiger partial charge is 0.0585 e. The van der Waals surface area contributed by atoms with Crippen molar-refractivity contribution >= 4 is 39.1 Å². The van der Waals surface area contributed by atoms with Gasteiger partial charge in [0.15, 0.2) is 0 Å². The van der Waals surface area contributed by atoms with Gasteiger partial charge in [-0.15, -0.1) is 0 Å². The minimum absolute atomic E-state index is 0.0790. The summed E-state index contributed by atoms with van der Waals surface area (Å²) >= 11 is 15.5. The maximum absolute atomic E-state index is 6.06. The lowest BCUT2D eigenvalue weighted by Gasteiger charge is -2.19. The van der Waals surface area contributed by atoms with Gasteiger partial charge in [-0.25, -0.2) is 0 Å². The molecule has 0 saturated carbocycles. The molecule has 2 aromatic rings. The van der Waals surface area contributed by atoms with Gasteiger partial charge < -0.3 is 5.32 Å². The van der Waals surface area contributed by atoms with Crippen LogP contribution in [0.3, 0.4) is 0 Å². The van der Waals surface area contributed by atoms with Gasteiger partial charge in [0.25, 0.3) is 0 Å². The molecule has 0 bridgehead atoms. The number of rotatable bonds is 3. The zero-order chi connectivity index (χ0) is 13.1. The van der Waals surface area contributed by atoms with E-state index in [1.165, 1.54) is 0 Å². The zero-order valence-corrected chi connectivity index (χ0v) is 12.9. The fourth-order valence-electron chi connectivity index (χ4n) is 1.89. The van der Waals surface area contributed by atoms with Gasteiger partial charge in [0.1, 0.15) is 0 Å². The quantitative estimate of drug-likeness (QED) is 0.820. The third-order valence-electron chi connectivity index (χ3n) is 2.76. The summed E-state index contributed by atoms with van der Waals surface area (Å²) in [5.74, 6) is 0. The first-order valence-electron chi connectivity index (χ1n) is 5.49. The number of nitrogens with one attached hydrogen (secondary N) is 1. The summed E-state index contributed by atoms with van der Waals surface area (Å²) in [6.45, 7) is 0. The summed E-state index contributed by atoms with van der Waals surface area (Å²) in [7, 11) is 1.92. The second-order valence-electron chi connectivity index (χ2n) is 3.94. The van der Waals surface area contributed by atoms with Crippen LogP contribution in [0.4, 0.5) is 0 Å². The lowest BCUT2D eigenvalue weighted by molar-refractivity contribution is 0.689. The fourth-order valence-corrected chi connectivity index (χ4v) is 2.67. The van der Waals surface area contributed by atoms with Gasteiger partial charge in [0.2, 0.25) is 0 Å². The van der Waals surface area contributed by atoms with E-state index in [1.807, 2.05) is 49.5 Å². The van der Waals surface area contributed by atoms with Crippen molar-refractivity contribution in [3.8, 4) is 0 Å². The van der Waals surface area contributed by atoms with E-state index in [0.29, 0.717) is 0 Å². The largest absolute Gasteiger partial charge is 0.309 e. The van der Waals surface area contributed by atoms with E-state index in [-0.39, 0.29) is 6.04 Å². The summed E-state index contributed by atoms with van der Waals surface area (Å²) in [6, 6.07) is 13.7. The maximum atomic E-state index is 6.06. The number of hydrogen-bond acceptors (Lipinski definition) is 1. The highest BCUT2D eigenvalue weighted by Crippen LogP contribution is 2.31. The van der Waals surface area contributed by atoms with Crippen LogP contribution in [0, 0.1) is 0 Å². The Labute approximate surface area is 125 Å². The van der Waals surface area contributed by atoms with Gasteiger partial charge >= 0.3 is 0 Å². The number of benzene rings is 2. The highest BCUT2D eigenvalue weighted by molar-refractivity contribution is 9.10. The Morgan fingerprint density at radius 1 is 1.00 bits per heavy atom. The molecule has 1 N–H and O–H groups in total. The van der Waals surface area contributed by atoms with Crippen LogP contribution < -0.4 is 5.32 Å². The Morgan fingerprint density at radius 3 is 2.22 bits per heavy atom. The summed E-state index contributed by atoms with van der Waals surface area (Å²) in [6.07, 6.45) is 0.